The van der Waals surface area contributed by atoms with E-state index in [0.717, 1.165) is 58.3 Å². The second-order valence-electron chi connectivity index (χ2n) is 7.38. The molecule has 0 unspecified atom stereocenters. The van der Waals surface area contributed by atoms with Gasteiger partial charge in [0, 0.05) is 45.3 Å². The molecule has 0 bridgehead atoms. The Morgan fingerprint density at radius 2 is 1.85 bits per heavy atom. The first-order chi connectivity index (χ1) is 12.5. The number of rotatable bonds is 10. The number of carbonyl (C=O) groups is 1. The minimum absolute atomic E-state index is 0.115. The number of aliphatic imine (C=N–C) groups is 1. The predicted molar refractivity (Wildman–Crippen MR) is 110 cm³/mol. The molecule has 26 heavy (non-hydrogen) atoms. The fourth-order valence-corrected chi connectivity index (χ4v) is 2.98. The summed E-state index contributed by atoms with van der Waals surface area (Å²) in [6, 6.07) is 0.201. The lowest BCUT2D eigenvalue weighted by Gasteiger charge is -2.36. The van der Waals surface area contributed by atoms with Crippen LogP contribution in [0.4, 0.5) is 0 Å². The minimum atomic E-state index is 0.115. The Kier molecular flexibility index (Phi) is 11.3. The van der Waals surface area contributed by atoms with Crippen molar-refractivity contribution >= 4 is 11.9 Å². The molecule has 1 rings (SSSR count). The molecule has 1 aliphatic heterocycles. The van der Waals surface area contributed by atoms with Crippen molar-refractivity contribution in [2.45, 2.75) is 46.6 Å². The molecule has 1 aliphatic rings. The largest absolute Gasteiger partial charge is 0.357 e. The zero-order valence-corrected chi connectivity index (χ0v) is 17.6. The lowest BCUT2D eigenvalue weighted by molar-refractivity contribution is -0.123. The molecule has 0 aromatic rings. The molecule has 0 radical (unpaired) electrons. The fourth-order valence-electron chi connectivity index (χ4n) is 2.98. The molecular formula is C19H40N6O. The van der Waals surface area contributed by atoms with E-state index >= 15 is 0 Å². The Labute approximate surface area is 160 Å². The van der Waals surface area contributed by atoms with Crippen LogP contribution < -0.4 is 10.6 Å². The van der Waals surface area contributed by atoms with E-state index < -0.39 is 0 Å². The number of hydrogen-bond donors (Lipinski definition) is 2. The lowest BCUT2D eigenvalue weighted by Crippen LogP contribution is -2.54. The number of amides is 1. The minimum Gasteiger partial charge on any atom is -0.357 e. The van der Waals surface area contributed by atoms with Crippen LogP contribution in [0.25, 0.3) is 0 Å². The molecule has 0 aromatic heterocycles. The van der Waals surface area contributed by atoms with Crippen molar-refractivity contribution < 1.29 is 4.79 Å². The van der Waals surface area contributed by atoms with Crippen molar-refractivity contribution in [1.29, 1.82) is 0 Å². The maximum Gasteiger partial charge on any atom is 0.234 e. The SMILES string of the molecule is CCCCN(C)CCN=C(NCC)N1CCN(CC(=O)NC(C)C)CC1. The summed E-state index contributed by atoms with van der Waals surface area (Å²) in [4.78, 5) is 23.6. The summed E-state index contributed by atoms with van der Waals surface area (Å²) in [6.07, 6.45) is 2.47. The molecule has 2 N–H and O–H groups in total. The van der Waals surface area contributed by atoms with Crippen LogP contribution in [0.5, 0.6) is 0 Å². The van der Waals surface area contributed by atoms with Crippen LogP contribution in [0.3, 0.4) is 0 Å². The van der Waals surface area contributed by atoms with E-state index in [-0.39, 0.29) is 11.9 Å². The quantitative estimate of drug-likeness (QED) is 0.442. The molecule has 1 amide bonds. The number of unbranched alkanes of at least 4 members (excludes halogenated alkanes) is 1. The Bertz CT molecular complexity index is 418. The summed E-state index contributed by atoms with van der Waals surface area (Å²) >= 11 is 0. The van der Waals surface area contributed by atoms with Crippen LogP contribution in [-0.2, 0) is 4.79 Å². The van der Waals surface area contributed by atoms with Gasteiger partial charge < -0.3 is 20.4 Å². The van der Waals surface area contributed by atoms with Crippen LogP contribution in [-0.4, -0.2) is 98.6 Å². The van der Waals surface area contributed by atoms with Crippen molar-refractivity contribution in [2.75, 3.05) is 66.0 Å². The van der Waals surface area contributed by atoms with Gasteiger partial charge in [-0.25, -0.2) is 0 Å². The lowest BCUT2D eigenvalue weighted by atomic mass is 10.3. The van der Waals surface area contributed by atoms with E-state index in [1.54, 1.807) is 0 Å². The molecule has 0 saturated carbocycles. The maximum absolute atomic E-state index is 11.9. The first-order valence-electron chi connectivity index (χ1n) is 10.2. The highest BCUT2D eigenvalue weighted by Crippen LogP contribution is 2.03. The predicted octanol–water partition coefficient (Wildman–Crippen LogP) is 0.826. The summed E-state index contributed by atoms with van der Waals surface area (Å²) in [7, 11) is 2.17. The van der Waals surface area contributed by atoms with Gasteiger partial charge in [-0.05, 0) is 40.8 Å². The number of piperazine rings is 1. The second kappa shape index (κ2) is 12.9. The van der Waals surface area contributed by atoms with Crippen molar-refractivity contribution in [1.82, 2.24) is 25.3 Å². The van der Waals surface area contributed by atoms with Crippen LogP contribution in [0.1, 0.15) is 40.5 Å². The summed E-state index contributed by atoms with van der Waals surface area (Å²) in [5.41, 5.74) is 0. The van der Waals surface area contributed by atoms with Crippen LogP contribution in [0.2, 0.25) is 0 Å². The van der Waals surface area contributed by atoms with Gasteiger partial charge in [-0.2, -0.15) is 0 Å². The summed E-state index contributed by atoms with van der Waals surface area (Å²) in [5.74, 6) is 1.12. The zero-order valence-electron chi connectivity index (χ0n) is 17.6. The van der Waals surface area contributed by atoms with E-state index in [4.69, 9.17) is 4.99 Å². The Hall–Kier alpha value is -1.34. The number of hydrogen-bond acceptors (Lipinski definition) is 4. The van der Waals surface area contributed by atoms with Gasteiger partial charge in [-0.15, -0.1) is 0 Å². The summed E-state index contributed by atoms with van der Waals surface area (Å²) < 4.78 is 0. The topological polar surface area (TPSA) is 63.2 Å². The third-order valence-electron chi connectivity index (χ3n) is 4.46. The van der Waals surface area contributed by atoms with Gasteiger partial charge >= 0.3 is 0 Å². The van der Waals surface area contributed by atoms with Gasteiger partial charge in [-0.1, -0.05) is 13.3 Å². The van der Waals surface area contributed by atoms with Gasteiger partial charge in [-0.3, -0.25) is 14.7 Å². The van der Waals surface area contributed by atoms with E-state index in [2.05, 4.69) is 46.2 Å². The van der Waals surface area contributed by atoms with Gasteiger partial charge in [0.2, 0.25) is 5.91 Å². The Balaban J connectivity index is 2.41. The fraction of sp³-hybridized carbons (Fsp3) is 0.895. The third-order valence-corrected chi connectivity index (χ3v) is 4.46. The van der Waals surface area contributed by atoms with E-state index in [1.807, 2.05) is 13.8 Å². The normalized spacial score (nSPS) is 16.4. The number of carbonyl (C=O) groups excluding carboxylic acids is 1. The van der Waals surface area contributed by atoms with Crippen molar-refractivity contribution in [2.24, 2.45) is 4.99 Å². The van der Waals surface area contributed by atoms with Gasteiger partial charge in [0.15, 0.2) is 5.96 Å². The Morgan fingerprint density at radius 3 is 2.42 bits per heavy atom. The van der Waals surface area contributed by atoms with Gasteiger partial charge in [0.1, 0.15) is 0 Å². The van der Waals surface area contributed by atoms with E-state index in [1.165, 1.54) is 12.8 Å². The average Bonchev–Trinajstić information content (AvgIpc) is 2.59. The molecule has 1 saturated heterocycles. The highest BCUT2D eigenvalue weighted by molar-refractivity contribution is 5.80. The third kappa shape index (κ3) is 9.38. The molecule has 152 valence electrons. The molecule has 1 heterocycles. The first-order valence-corrected chi connectivity index (χ1v) is 10.2. The van der Waals surface area contributed by atoms with E-state index in [9.17, 15) is 4.79 Å². The number of nitrogens with zero attached hydrogens (tertiary/aromatic N) is 4. The highest BCUT2D eigenvalue weighted by atomic mass is 16.2. The highest BCUT2D eigenvalue weighted by Gasteiger charge is 2.21. The second-order valence-corrected chi connectivity index (χ2v) is 7.38. The number of nitrogens with one attached hydrogen (secondary N) is 2. The molecule has 7 heteroatoms. The van der Waals surface area contributed by atoms with Gasteiger partial charge in [0.05, 0.1) is 13.1 Å². The standard InChI is InChI=1S/C19H40N6O/c1-6-8-10-23(5)11-9-21-19(20-7-2)25-14-12-24(13-15-25)16-18(26)22-17(3)4/h17H,6-16H2,1-5H3,(H,20,21)(H,22,26). The van der Waals surface area contributed by atoms with Crippen molar-refractivity contribution in [3.63, 3.8) is 0 Å². The molecule has 0 aromatic carbocycles. The summed E-state index contributed by atoms with van der Waals surface area (Å²) in [5, 5.41) is 6.37. The van der Waals surface area contributed by atoms with Crippen LogP contribution >= 0.6 is 0 Å². The molecule has 7 nitrogen and oxygen atoms in total. The smallest absolute Gasteiger partial charge is 0.234 e. The van der Waals surface area contributed by atoms with Gasteiger partial charge in [0.25, 0.3) is 0 Å². The first kappa shape index (κ1) is 22.7. The van der Waals surface area contributed by atoms with Crippen molar-refractivity contribution in [3.8, 4) is 0 Å². The maximum atomic E-state index is 11.9. The number of guanidine groups is 1. The summed E-state index contributed by atoms with van der Waals surface area (Å²) in [6.45, 7) is 16.2. The average molecular weight is 369 g/mol. The van der Waals surface area contributed by atoms with E-state index in [0.29, 0.717) is 6.54 Å². The van der Waals surface area contributed by atoms with Crippen LogP contribution in [0.15, 0.2) is 4.99 Å². The van der Waals surface area contributed by atoms with Crippen molar-refractivity contribution in [3.05, 3.63) is 0 Å². The molecule has 0 atom stereocenters. The molecule has 0 aliphatic carbocycles. The molecule has 0 spiro atoms. The monoisotopic (exact) mass is 368 g/mol. The molecular weight excluding hydrogens is 328 g/mol. The Morgan fingerprint density at radius 1 is 1.15 bits per heavy atom. The molecule has 1 fully saturated rings. The zero-order chi connectivity index (χ0) is 19.4. The van der Waals surface area contributed by atoms with Crippen LogP contribution in [0, 0.1) is 0 Å². The number of likely N-dealkylation sites (N-methyl/N-ethyl adjacent to an activating group) is 1.